The lowest BCUT2D eigenvalue weighted by molar-refractivity contribution is 0.619. The second-order valence-corrected chi connectivity index (χ2v) is 8.33. The maximum atomic E-state index is 6.58. The maximum Gasteiger partial charge on any atom is 0.361 e. The van der Waals surface area contributed by atoms with E-state index in [1.165, 1.54) is 10.8 Å². The van der Waals surface area contributed by atoms with Crippen LogP contribution in [0.5, 0.6) is 0 Å². The molecular weight excluding hydrogens is 404 g/mol. The molecule has 0 unspecified atom stereocenters. The first-order chi connectivity index (χ1) is 16.4. The highest BCUT2D eigenvalue weighted by Crippen LogP contribution is 2.48. The lowest BCUT2D eigenvalue weighted by Crippen LogP contribution is -1.87. The molecule has 2 aliphatic rings. The number of para-hydroxylation sites is 2. The van der Waals surface area contributed by atoms with Gasteiger partial charge in [-0.1, -0.05) is 72.8 Å². The molecule has 33 heavy (non-hydrogen) atoms. The van der Waals surface area contributed by atoms with Crippen molar-refractivity contribution in [1.82, 2.24) is 0 Å². The summed E-state index contributed by atoms with van der Waals surface area (Å²) in [5, 5.41) is 4.55. The van der Waals surface area contributed by atoms with Gasteiger partial charge in [0.25, 0.3) is 0 Å². The van der Waals surface area contributed by atoms with Crippen molar-refractivity contribution in [3.63, 3.8) is 0 Å². The van der Waals surface area contributed by atoms with E-state index in [1.54, 1.807) is 0 Å². The molecular formula is C31H19O2+. The number of benzene rings is 4. The van der Waals surface area contributed by atoms with Gasteiger partial charge in [-0.15, -0.1) is 0 Å². The second-order valence-electron chi connectivity index (χ2n) is 8.33. The van der Waals surface area contributed by atoms with Gasteiger partial charge < -0.3 is 4.42 Å². The van der Waals surface area contributed by atoms with Gasteiger partial charge in [0.15, 0.2) is 0 Å². The van der Waals surface area contributed by atoms with Crippen LogP contribution in [-0.2, 0) is 0 Å². The molecule has 0 saturated carbocycles. The molecule has 4 aromatic carbocycles. The Balaban J connectivity index is 1.65. The minimum Gasteiger partial charge on any atom is -0.455 e. The molecule has 0 atom stereocenters. The second kappa shape index (κ2) is 7.04. The predicted molar refractivity (Wildman–Crippen MR) is 135 cm³/mol. The summed E-state index contributed by atoms with van der Waals surface area (Å²) in [5.74, 6) is 1.74. The molecule has 154 valence electrons. The van der Waals surface area contributed by atoms with Gasteiger partial charge in [0.05, 0.1) is 17.0 Å². The monoisotopic (exact) mass is 423 g/mol. The van der Waals surface area contributed by atoms with Gasteiger partial charge in [-0.2, -0.15) is 0 Å². The van der Waals surface area contributed by atoms with Crippen LogP contribution in [-0.4, -0.2) is 0 Å². The van der Waals surface area contributed by atoms with E-state index in [2.05, 4.69) is 66.7 Å². The van der Waals surface area contributed by atoms with Crippen molar-refractivity contribution in [2.75, 3.05) is 0 Å². The summed E-state index contributed by atoms with van der Waals surface area (Å²) in [6, 6.07) is 39.6. The fourth-order valence-electron chi connectivity index (χ4n) is 4.88. The molecule has 2 heterocycles. The van der Waals surface area contributed by atoms with Crippen LogP contribution in [0.15, 0.2) is 124 Å². The van der Waals surface area contributed by atoms with Crippen molar-refractivity contribution in [2.45, 2.75) is 0 Å². The third kappa shape index (κ3) is 2.78. The molecule has 7 rings (SSSR count). The summed E-state index contributed by atoms with van der Waals surface area (Å²) in [6.45, 7) is 0. The van der Waals surface area contributed by atoms with E-state index in [1.807, 2.05) is 48.5 Å². The van der Waals surface area contributed by atoms with Gasteiger partial charge in [-0.3, -0.25) is 0 Å². The standard InChI is InChI=1S/C31H19O2/c1-2-10-20(11-3-1)29-19-25(23-14-7-9-17-28(23)32-29)30-24-15-6-5-13-22(24)26-18-21-12-4-8-16-27(21)33-31(26)30/h1-19H/q+1. The largest absolute Gasteiger partial charge is 0.455 e. The molecule has 5 aromatic rings. The molecule has 0 radical (unpaired) electrons. The zero-order chi connectivity index (χ0) is 21.8. The van der Waals surface area contributed by atoms with E-state index in [0.717, 1.165) is 55.7 Å². The predicted octanol–water partition coefficient (Wildman–Crippen LogP) is 9.05. The zero-order valence-electron chi connectivity index (χ0n) is 17.8. The van der Waals surface area contributed by atoms with E-state index in [0.29, 0.717) is 0 Å². The molecule has 1 aliphatic heterocycles. The van der Waals surface area contributed by atoms with Crippen molar-refractivity contribution in [2.24, 2.45) is 0 Å². The Kier molecular flexibility index (Phi) is 3.88. The molecule has 1 aromatic heterocycles. The van der Waals surface area contributed by atoms with Crippen molar-refractivity contribution in [3.8, 4) is 33.8 Å². The summed E-state index contributed by atoms with van der Waals surface area (Å²) < 4.78 is 12.9. The topological polar surface area (TPSA) is 24.4 Å². The maximum absolute atomic E-state index is 6.58. The Bertz CT molecular complexity index is 1760. The van der Waals surface area contributed by atoms with Gasteiger partial charge in [0, 0.05) is 28.1 Å². The normalized spacial score (nSPS) is 11.6. The van der Waals surface area contributed by atoms with Gasteiger partial charge in [0.2, 0.25) is 0 Å². The Hall–Kier alpha value is -4.43. The third-order valence-electron chi connectivity index (χ3n) is 6.39. The van der Waals surface area contributed by atoms with Gasteiger partial charge in [0.1, 0.15) is 11.3 Å². The molecule has 0 bridgehead atoms. The smallest absolute Gasteiger partial charge is 0.361 e. The first-order valence-corrected chi connectivity index (χ1v) is 11.1. The highest BCUT2D eigenvalue weighted by molar-refractivity contribution is 6.17. The highest BCUT2D eigenvalue weighted by Gasteiger charge is 2.27. The van der Waals surface area contributed by atoms with Crippen molar-refractivity contribution < 1.29 is 8.83 Å². The SMILES string of the molecule is c1ccc(-c2cc(-c3c4oc5ccccc5cc-4c4ccccc34)c3ccccc3[o+]2)cc1. The summed E-state index contributed by atoms with van der Waals surface area (Å²) in [5.41, 5.74) is 6.14. The summed E-state index contributed by atoms with van der Waals surface area (Å²) >= 11 is 0. The number of rotatable bonds is 2. The summed E-state index contributed by atoms with van der Waals surface area (Å²) in [7, 11) is 0. The van der Waals surface area contributed by atoms with Crippen LogP contribution in [0.25, 0.3) is 66.5 Å². The van der Waals surface area contributed by atoms with Crippen LogP contribution in [0.4, 0.5) is 0 Å². The molecule has 0 N–H and O–H groups in total. The fourth-order valence-corrected chi connectivity index (χ4v) is 4.88. The van der Waals surface area contributed by atoms with Crippen LogP contribution in [0.3, 0.4) is 0 Å². The Morgan fingerprint density at radius 3 is 2.12 bits per heavy atom. The van der Waals surface area contributed by atoms with Crippen LogP contribution >= 0.6 is 0 Å². The van der Waals surface area contributed by atoms with Crippen molar-refractivity contribution in [3.05, 3.63) is 115 Å². The molecule has 2 heteroatoms. The number of hydrogen-bond acceptors (Lipinski definition) is 1. The Labute approximate surface area is 190 Å². The van der Waals surface area contributed by atoms with E-state index >= 15 is 0 Å². The lowest BCUT2D eigenvalue weighted by atomic mass is 9.98. The molecule has 0 saturated heterocycles. The number of fused-ring (bicyclic) bond motifs is 5. The molecule has 0 spiro atoms. The fraction of sp³-hybridized carbons (Fsp3) is 0. The summed E-state index contributed by atoms with van der Waals surface area (Å²) in [4.78, 5) is 0. The molecule has 0 fully saturated rings. The van der Waals surface area contributed by atoms with E-state index < -0.39 is 0 Å². The first kappa shape index (κ1) is 18.2. The van der Waals surface area contributed by atoms with Gasteiger partial charge in [-0.05, 0) is 41.1 Å². The van der Waals surface area contributed by atoms with Crippen LogP contribution in [0, 0.1) is 0 Å². The third-order valence-corrected chi connectivity index (χ3v) is 6.39. The van der Waals surface area contributed by atoms with Crippen molar-refractivity contribution >= 4 is 32.7 Å². The Morgan fingerprint density at radius 1 is 0.545 bits per heavy atom. The molecule has 0 amide bonds. The highest BCUT2D eigenvalue weighted by atomic mass is 16.3. The average molecular weight is 423 g/mol. The van der Waals surface area contributed by atoms with Crippen molar-refractivity contribution in [1.29, 1.82) is 0 Å². The quantitative estimate of drug-likeness (QED) is 0.259. The zero-order valence-corrected chi connectivity index (χ0v) is 17.8. The Morgan fingerprint density at radius 2 is 1.24 bits per heavy atom. The van der Waals surface area contributed by atoms with E-state index in [9.17, 15) is 0 Å². The van der Waals surface area contributed by atoms with Gasteiger partial charge >= 0.3 is 11.3 Å². The van der Waals surface area contributed by atoms with Gasteiger partial charge in [-0.25, -0.2) is 4.42 Å². The first-order valence-electron chi connectivity index (χ1n) is 11.1. The van der Waals surface area contributed by atoms with E-state index in [-0.39, 0.29) is 0 Å². The van der Waals surface area contributed by atoms with E-state index in [4.69, 9.17) is 8.83 Å². The van der Waals surface area contributed by atoms with Crippen LogP contribution in [0.2, 0.25) is 0 Å². The average Bonchev–Trinajstić information content (AvgIpc) is 3.20. The lowest BCUT2D eigenvalue weighted by Gasteiger charge is -2.08. The molecule has 2 nitrogen and oxygen atoms in total. The molecule has 1 aliphatic carbocycles. The minimum atomic E-state index is 0.837. The van der Waals surface area contributed by atoms with Crippen LogP contribution in [0.1, 0.15) is 0 Å². The minimum absolute atomic E-state index is 0.837. The number of hydrogen-bond donors (Lipinski definition) is 0. The van der Waals surface area contributed by atoms with Crippen LogP contribution < -0.4 is 0 Å². The summed E-state index contributed by atoms with van der Waals surface area (Å²) in [6.07, 6.45) is 0.